The van der Waals surface area contributed by atoms with Crippen LogP contribution in [0.15, 0.2) is 22.2 Å². The highest BCUT2D eigenvalue weighted by molar-refractivity contribution is 5.29. The fraction of sp³-hybridized carbons (Fsp3) is 0.545. The van der Waals surface area contributed by atoms with E-state index in [4.69, 9.17) is 4.74 Å². The average molecular weight is 254 g/mol. The van der Waals surface area contributed by atoms with Gasteiger partial charge in [-0.1, -0.05) is 6.08 Å². The maximum absolute atomic E-state index is 11.7. The molecule has 18 heavy (non-hydrogen) atoms. The maximum Gasteiger partial charge on any atom is 0.346 e. The lowest BCUT2D eigenvalue weighted by atomic mass is 10.4. The van der Waals surface area contributed by atoms with Gasteiger partial charge in [0.05, 0.1) is 13.2 Å². The predicted molar refractivity (Wildman–Crippen MR) is 68.8 cm³/mol. The molecule has 7 heteroatoms. The van der Waals surface area contributed by atoms with Crippen LogP contribution in [-0.2, 0) is 18.8 Å². The molecule has 0 amide bonds. The molecule has 1 aromatic rings. The molecule has 1 N–H and O–H groups in total. The molecule has 0 spiro atoms. The molecule has 7 nitrogen and oxygen atoms in total. The minimum absolute atomic E-state index is 0.145. The van der Waals surface area contributed by atoms with Gasteiger partial charge in [0.2, 0.25) is 5.82 Å². The van der Waals surface area contributed by atoms with Crippen molar-refractivity contribution in [2.45, 2.75) is 6.42 Å². The molecule has 0 saturated carbocycles. The van der Waals surface area contributed by atoms with Crippen molar-refractivity contribution in [3.63, 3.8) is 0 Å². The molecule has 0 fully saturated rings. The minimum atomic E-state index is -0.451. The van der Waals surface area contributed by atoms with Crippen molar-refractivity contribution < 1.29 is 4.74 Å². The van der Waals surface area contributed by atoms with E-state index in [1.165, 1.54) is 14.1 Å². The Bertz CT molecular complexity index is 518. The number of anilines is 1. The van der Waals surface area contributed by atoms with Crippen LogP contribution in [0.5, 0.6) is 0 Å². The number of aryl methyl sites for hydroxylation is 1. The van der Waals surface area contributed by atoms with Gasteiger partial charge in [-0.2, -0.15) is 0 Å². The standard InChI is InChI=1S/C11H18N4O3/c1-4-5-7-18-8-6-12-9-10(16)14(2)11(17)15(3)13-9/h4H,1,5-8H2,2-3H3,(H,12,13). The zero-order valence-corrected chi connectivity index (χ0v) is 10.7. The van der Waals surface area contributed by atoms with Gasteiger partial charge in [-0.3, -0.25) is 9.36 Å². The van der Waals surface area contributed by atoms with Gasteiger partial charge < -0.3 is 10.1 Å². The summed E-state index contributed by atoms with van der Waals surface area (Å²) < 4.78 is 7.40. The summed E-state index contributed by atoms with van der Waals surface area (Å²) in [5.41, 5.74) is -0.892. The molecule has 0 radical (unpaired) electrons. The number of nitrogens with one attached hydrogen (secondary N) is 1. The van der Waals surface area contributed by atoms with Crippen molar-refractivity contribution in [2.24, 2.45) is 14.1 Å². The molecule has 1 aromatic heterocycles. The Hall–Kier alpha value is -1.89. The topological polar surface area (TPSA) is 78.2 Å². The highest BCUT2D eigenvalue weighted by Gasteiger charge is 2.07. The summed E-state index contributed by atoms with van der Waals surface area (Å²) >= 11 is 0. The first-order chi connectivity index (χ1) is 8.57. The van der Waals surface area contributed by atoms with Crippen LogP contribution < -0.4 is 16.6 Å². The third-order valence-electron chi connectivity index (χ3n) is 2.33. The van der Waals surface area contributed by atoms with Gasteiger partial charge in [0.15, 0.2) is 0 Å². The summed E-state index contributed by atoms with van der Waals surface area (Å²) in [6, 6.07) is 0. The zero-order valence-electron chi connectivity index (χ0n) is 10.7. The van der Waals surface area contributed by atoms with Crippen molar-refractivity contribution in [3.8, 4) is 0 Å². The van der Waals surface area contributed by atoms with E-state index in [0.717, 1.165) is 15.7 Å². The van der Waals surface area contributed by atoms with Gasteiger partial charge in [0.1, 0.15) is 0 Å². The van der Waals surface area contributed by atoms with Gasteiger partial charge in [-0.25, -0.2) is 9.48 Å². The van der Waals surface area contributed by atoms with Gasteiger partial charge in [0.25, 0.3) is 5.56 Å². The van der Waals surface area contributed by atoms with E-state index in [1.807, 2.05) is 0 Å². The lowest BCUT2D eigenvalue weighted by molar-refractivity contribution is 0.149. The first-order valence-electron chi connectivity index (χ1n) is 5.64. The van der Waals surface area contributed by atoms with Gasteiger partial charge in [-0.05, 0) is 6.42 Å². The summed E-state index contributed by atoms with van der Waals surface area (Å²) in [6.07, 6.45) is 2.57. The molecule has 0 bridgehead atoms. The second-order valence-electron chi connectivity index (χ2n) is 3.74. The molecule has 0 aliphatic carbocycles. The molecule has 0 aromatic carbocycles. The van der Waals surface area contributed by atoms with Crippen molar-refractivity contribution in [3.05, 3.63) is 33.5 Å². The van der Waals surface area contributed by atoms with Crippen LogP contribution in [0.1, 0.15) is 6.42 Å². The molecule has 100 valence electrons. The largest absolute Gasteiger partial charge is 0.379 e. The lowest BCUT2D eigenvalue weighted by Gasteiger charge is -2.08. The van der Waals surface area contributed by atoms with Crippen LogP contribution in [0.2, 0.25) is 0 Å². The van der Waals surface area contributed by atoms with Gasteiger partial charge >= 0.3 is 5.69 Å². The quantitative estimate of drug-likeness (QED) is 0.523. The number of hydrogen-bond acceptors (Lipinski definition) is 5. The van der Waals surface area contributed by atoms with Crippen molar-refractivity contribution in [2.75, 3.05) is 25.1 Å². The summed E-state index contributed by atoms with van der Waals surface area (Å²) in [5, 5.41) is 6.70. The predicted octanol–water partition coefficient (Wildman–Crippen LogP) is -0.516. The third-order valence-corrected chi connectivity index (χ3v) is 2.33. The Kier molecular flexibility index (Phi) is 5.31. The van der Waals surface area contributed by atoms with Crippen molar-refractivity contribution >= 4 is 5.82 Å². The number of ether oxygens (including phenoxy) is 1. The van der Waals surface area contributed by atoms with E-state index in [1.54, 1.807) is 6.08 Å². The Morgan fingerprint density at radius 3 is 2.78 bits per heavy atom. The Labute approximate surface area is 105 Å². The van der Waals surface area contributed by atoms with Gasteiger partial charge in [-0.15, -0.1) is 11.7 Å². The van der Waals surface area contributed by atoms with Crippen LogP contribution in [0, 0.1) is 0 Å². The molecule has 0 aliphatic heterocycles. The van der Waals surface area contributed by atoms with E-state index < -0.39 is 11.2 Å². The fourth-order valence-electron chi connectivity index (χ4n) is 1.32. The number of nitrogens with zero attached hydrogens (tertiary/aromatic N) is 3. The van der Waals surface area contributed by atoms with Gasteiger partial charge in [0, 0.05) is 20.6 Å². The first-order valence-corrected chi connectivity index (χ1v) is 5.64. The van der Waals surface area contributed by atoms with Crippen LogP contribution in [-0.4, -0.2) is 34.1 Å². The molecule has 0 aliphatic rings. The van der Waals surface area contributed by atoms with Crippen LogP contribution in [0.4, 0.5) is 5.82 Å². The maximum atomic E-state index is 11.7. The highest BCUT2D eigenvalue weighted by atomic mass is 16.5. The Morgan fingerprint density at radius 2 is 2.11 bits per heavy atom. The van der Waals surface area contributed by atoms with E-state index in [-0.39, 0.29) is 5.82 Å². The second-order valence-corrected chi connectivity index (χ2v) is 3.74. The molecule has 0 unspecified atom stereocenters. The van der Waals surface area contributed by atoms with Crippen molar-refractivity contribution in [1.82, 2.24) is 14.3 Å². The summed E-state index contributed by atoms with van der Waals surface area (Å²) in [6.45, 7) is 5.10. The number of aromatic nitrogens is 3. The van der Waals surface area contributed by atoms with Crippen molar-refractivity contribution in [1.29, 1.82) is 0 Å². The minimum Gasteiger partial charge on any atom is -0.379 e. The third kappa shape index (κ3) is 3.56. The van der Waals surface area contributed by atoms with E-state index in [0.29, 0.717) is 19.8 Å². The lowest BCUT2D eigenvalue weighted by Crippen LogP contribution is -2.40. The van der Waals surface area contributed by atoms with Crippen LogP contribution in [0.3, 0.4) is 0 Å². The molecular formula is C11H18N4O3. The molecule has 1 rings (SSSR count). The van der Waals surface area contributed by atoms with E-state index in [2.05, 4.69) is 17.0 Å². The number of hydrogen-bond donors (Lipinski definition) is 1. The molecule has 0 atom stereocenters. The molecular weight excluding hydrogens is 236 g/mol. The first kappa shape index (κ1) is 14.2. The fourth-order valence-corrected chi connectivity index (χ4v) is 1.32. The monoisotopic (exact) mass is 254 g/mol. The summed E-state index contributed by atoms with van der Waals surface area (Å²) in [5.74, 6) is 0.145. The zero-order chi connectivity index (χ0) is 13.5. The number of rotatable bonds is 7. The average Bonchev–Trinajstić information content (AvgIpc) is 2.37. The highest BCUT2D eigenvalue weighted by Crippen LogP contribution is 1.89. The van der Waals surface area contributed by atoms with Crippen LogP contribution >= 0.6 is 0 Å². The van der Waals surface area contributed by atoms with E-state index >= 15 is 0 Å². The molecule has 1 heterocycles. The Balaban J connectivity index is 2.56. The normalized spacial score (nSPS) is 10.3. The smallest absolute Gasteiger partial charge is 0.346 e. The Morgan fingerprint density at radius 1 is 1.39 bits per heavy atom. The second kappa shape index (κ2) is 6.75. The van der Waals surface area contributed by atoms with E-state index in [9.17, 15) is 9.59 Å². The summed E-state index contributed by atoms with van der Waals surface area (Å²) in [4.78, 5) is 23.1. The molecule has 0 saturated heterocycles. The summed E-state index contributed by atoms with van der Waals surface area (Å²) in [7, 11) is 2.91. The van der Waals surface area contributed by atoms with Crippen LogP contribution in [0.25, 0.3) is 0 Å². The SMILES string of the molecule is C=CCCOCCNc1nn(C)c(=O)n(C)c1=O.